The molecule has 4 nitrogen and oxygen atoms in total. The number of hydrogen-bond acceptors (Lipinski definition) is 2. The van der Waals surface area contributed by atoms with E-state index in [0.717, 1.165) is 11.1 Å². The second-order valence-corrected chi connectivity index (χ2v) is 7.88. The lowest BCUT2D eigenvalue weighted by atomic mass is 10.1. The zero-order chi connectivity index (χ0) is 19.6. The van der Waals surface area contributed by atoms with Crippen LogP contribution < -0.4 is 5.32 Å². The largest absolute Gasteiger partial charge is 0.336 e. The second kappa shape index (κ2) is 8.13. The Morgan fingerprint density at radius 1 is 1.15 bits per heavy atom. The van der Waals surface area contributed by atoms with Gasteiger partial charge in [0.05, 0.1) is 11.8 Å². The Labute approximate surface area is 165 Å². The number of nitrogens with zero attached hydrogens (tertiary/aromatic N) is 1. The first-order valence-electron chi connectivity index (χ1n) is 9.28. The van der Waals surface area contributed by atoms with Crippen LogP contribution in [-0.2, 0) is 16.1 Å². The fourth-order valence-corrected chi connectivity index (χ4v) is 3.39. The molecule has 1 saturated carbocycles. The van der Waals surface area contributed by atoms with E-state index >= 15 is 0 Å². The minimum atomic E-state index is -0.270. The van der Waals surface area contributed by atoms with Gasteiger partial charge in [0, 0.05) is 23.3 Å². The van der Waals surface area contributed by atoms with Gasteiger partial charge in [-0.25, -0.2) is 0 Å². The van der Waals surface area contributed by atoms with Crippen molar-refractivity contribution in [2.24, 2.45) is 11.8 Å². The molecule has 1 N–H and O–H groups in total. The molecule has 0 aromatic heterocycles. The Bertz CT molecular complexity index is 835. The van der Waals surface area contributed by atoms with Gasteiger partial charge in [0.1, 0.15) is 0 Å². The Balaban J connectivity index is 1.64. The molecule has 0 bridgehead atoms. The normalized spacial score (nSPS) is 18.3. The molecule has 2 atom stereocenters. The highest BCUT2D eigenvalue weighted by Gasteiger charge is 2.49. The van der Waals surface area contributed by atoms with Crippen molar-refractivity contribution in [3.05, 3.63) is 64.7 Å². The van der Waals surface area contributed by atoms with Gasteiger partial charge < -0.3 is 10.2 Å². The first kappa shape index (κ1) is 19.4. The number of anilines is 1. The lowest BCUT2D eigenvalue weighted by Crippen LogP contribution is -2.38. The van der Waals surface area contributed by atoms with Gasteiger partial charge in [0.15, 0.2) is 0 Å². The fraction of sp³-hybridized carbons (Fsp3) is 0.364. The van der Waals surface area contributed by atoms with Crippen LogP contribution in [0.3, 0.4) is 0 Å². The molecule has 142 valence electrons. The third-order valence-corrected chi connectivity index (χ3v) is 5.24. The van der Waals surface area contributed by atoms with Crippen LogP contribution in [0, 0.1) is 18.8 Å². The summed E-state index contributed by atoms with van der Waals surface area (Å²) in [4.78, 5) is 27.4. The zero-order valence-electron chi connectivity index (χ0n) is 15.9. The summed E-state index contributed by atoms with van der Waals surface area (Å²) in [5.41, 5.74) is 2.75. The number of rotatable bonds is 6. The Morgan fingerprint density at radius 3 is 2.52 bits per heavy atom. The van der Waals surface area contributed by atoms with Crippen LogP contribution in [0.5, 0.6) is 0 Å². The fourth-order valence-electron chi connectivity index (χ4n) is 3.22. The van der Waals surface area contributed by atoms with E-state index < -0.39 is 0 Å². The molecule has 1 fully saturated rings. The highest BCUT2D eigenvalue weighted by atomic mass is 35.5. The van der Waals surface area contributed by atoms with E-state index in [1.54, 1.807) is 12.1 Å². The topological polar surface area (TPSA) is 49.4 Å². The van der Waals surface area contributed by atoms with Crippen molar-refractivity contribution in [1.29, 1.82) is 0 Å². The van der Waals surface area contributed by atoms with Crippen molar-refractivity contribution >= 4 is 29.1 Å². The van der Waals surface area contributed by atoms with Crippen molar-refractivity contribution in [1.82, 2.24) is 4.90 Å². The maximum absolute atomic E-state index is 13.0. The smallest absolute Gasteiger partial charge is 0.228 e. The van der Waals surface area contributed by atoms with Crippen LogP contribution in [0.1, 0.15) is 31.4 Å². The molecule has 0 aliphatic heterocycles. The summed E-state index contributed by atoms with van der Waals surface area (Å²) in [6, 6.07) is 15.4. The number of nitrogens with one attached hydrogen (secondary N) is 1. The number of halogens is 1. The zero-order valence-corrected chi connectivity index (χ0v) is 16.7. The summed E-state index contributed by atoms with van der Waals surface area (Å²) >= 11 is 6.02. The van der Waals surface area contributed by atoms with E-state index in [4.69, 9.17) is 11.6 Å². The molecule has 0 heterocycles. The predicted octanol–water partition coefficient (Wildman–Crippen LogP) is 4.66. The molecule has 2 aromatic rings. The lowest BCUT2D eigenvalue weighted by Gasteiger charge is -2.27. The maximum Gasteiger partial charge on any atom is 0.228 e. The summed E-state index contributed by atoms with van der Waals surface area (Å²) < 4.78 is 0. The van der Waals surface area contributed by atoms with E-state index in [1.807, 2.05) is 62.1 Å². The van der Waals surface area contributed by atoms with Crippen LogP contribution >= 0.6 is 11.6 Å². The van der Waals surface area contributed by atoms with E-state index in [0.29, 0.717) is 23.7 Å². The van der Waals surface area contributed by atoms with Gasteiger partial charge in [-0.1, -0.05) is 48.0 Å². The van der Waals surface area contributed by atoms with Crippen molar-refractivity contribution in [3.8, 4) is 0 Å². The van der Waals surface area contributed by atoms with Gasteiger partial charge in [-0.3, -0.25) is 9.59 Å². The van der Waals surface area contributed by atoms with Gasteiger partial charge in [0.2, 0.25) is 11.8 Å². The van der Waals surface area contributed by atoms with Gasteiger partial charge in [-0.15, -0.1) is 0 Å². The van der Waals surface area contributed by atoms with Crippen molar-refractivity contribution in [2.45, 2.75) is 39.8 Å². The van der Waals surface area contributed by atoms with E-state index in [1.165, 1.54) is 0 Å². The standard InChI is InChI=1S/C22H25ClN2O2/c1-14(2)25(13-16-7-5-4-6-8-16)22(27)19-12-18(19)21(26)24-20-11-17(23)10-9-15(20)3/h4-11,14,18-19H,12-13H2,1-3H3,(H,24,26). The number of carbonyl (C=O) groups is 2. The molecule has 2 amide bonds. The first-order valence-corrected chi connectivity index (χ1v) is 9.66. The third kappa shape index (κ3) is 4.69. The number of aryl methyl sites for hydroxylation is 1. The molecule has 5 heteroatoms. The molecule has 0 spiro atoms. The maximum atomic E-state index is 13.0. The predicted molar refractivity (Wildman–Crippen MR) is 109 cm³/mol. The van der Waals surface area contributed by atoms with Crippen molar-refractivity contribution < 1.29 is 9.59 Å². The summed E-state index contributed by atoms with van der Waals surface area (Å²) in [5, 5.41) is 3.50. The van der Waals surface area contributed by atoms with Crippen molar-refractivity contribution in [3.63, 3.8) is 0 Å². The highest BCUT2D eigenvalue weighted by molar-refractivity contribution is 6.31. The van der Waals surface area contributed by atoms with E-state index in [2.05, 4.69) is 5.32 Å². The number of amides is 2. The Hall–Kier alpha value is -2.33. The minimum Gasteiger partial charge on any atom is -0.336 e. The average molecular weight is 385 g/mol. The van der Waals surface area contributed by atoms with Gasteiger partial charge >= 0.3 is 0 Å². The minimum absolute atomic E-state index is 0.0526. The molecule has 27 heavy (non-hydrogen) atoms. The van der Waals surface area contributed by atoms with E-state index in [9.17, 15) is 9.59 Å². The molecule has 1 aliphatic rings. The van der Waals surface area contributed by atoms with Gasteiger partial charge in [0.25, 0.3) is 0 Å². The molecule has 2 aromatic carbocycles. The molecule has 2 unspecified atom stereocenters. The molecule has 3 rings (SSSR count). The average Bonchev–Trinajstić information content (AvgIpc) is 3.44. The van der Waals surface area contributed by atoms with Crippen LogP contribution in [0.4, 0.5) is 5.69 Å². The second-order valence-electron chi connectivity index (χ2n) is 7.44. The quantitative estimate of drug-likeness (QED) is 0.787. The summed E-state index contributed by atoms with van der Waals surface area (Å²) in [5.74, 6) is -0.567. The summed E-state index contributed by atoms with van der Waals surface area (Å²) in [6.45, 7) is 6.50. The molecule has 1 aliphatic carbocycles. The Kier molecular flexibility index (Phi) is 5.85. The van der Waals surface area contributed by atoms with Gasteiger partial charge in [-0.2, -0.15) is 0 Å². The Morgan fingerprint density at radius 2 is 1.85 bits per heavy atom. The van der Waals surface area contributed by atoms with Crippen LogP contribution in [0.15, 0.2) is 48.5 Å². The van der Waals surface area contributed by atoms with Gasteiger partial charge in [-0.05, 0) is 50.5 Å². The number of hydrogen-bond donors (Lipinski definition) is 1. The SMILES string of the molecule is Cc1ccc(Cl)cc1NC(=O)C1CC1C(=O)N(Cc1ccccc1)C(C)C. The lowest BCUT2D eigenvalue weighted by molar-refractivity contribution is -0.136. The number of benzene rings is 2. The first-order chi connectivity index (χ1) is 12.9. The van der Waals surface area contributed by atoms with Crippen molar-refractivity contribution in [2.75, 3.05) is 5.32 Å². The molecular formula is C22H25ClN2O2. The molecule has 0 radical (unpaired) electrons. The molecule has 0 saturated heterocycles. The van der Waals surface area contributed by atoms with E-state index in [-0.39, 0.29) is 29.7 Å². The van der Waals surface area contributed by atoms with Crippen LogP contribution in [0.25, 0.3) is 0 Å². The van der Waals surface area contributed by atoms with Crippen LogP contribution in [-0.4, -0.2) is 22.8 Å². The molecular weight excluding hydrogens is 360 g/mol. The highest BCUT2D eigenvalue weighted by Crippen LogP contribution is 2.41. The van der Waals surface area contributed by atoms with Crippen LogP contribution in [0.2, 0.25) is 5.02 Å². The third-order valence-electron chi connectivity index (χ3n) is 5.00. The summed E-state index contributed by atoms with van der Waals surface area (Å²) in [6.07, 6.45) is 0.599. The summed E-state index contributed by atoms with van der Waals surface area (Å²) in [7, 11) is 0. The monoisotopic (exact) mass is 384 g/mol. The number of carbonyl (C=O) groups excluding carboxylic acids is 2.